The van der Waals surface area contributed by atoms with Gasteiger partial charge in [-0.25, -0.2) is 10.1 Å². The molecule has 136 valence electrons. The first-order valence-electron chi connectivity index (χ1n) is 8.97. The van der Waals surface area contributed by atoms with Gasteiger partial charge in [0.25, 0.3) is 5.56 Å². The Morgan fingerprint density at radius 3 is 2.54 bits per heavy atom. The van der Waals surface area contributed by atoms with Gasteiger partial charge in [-0.05, 0) is 20.3 Å². The Hall–Kier alpha value is -2.90. The zero-order valence-electron chi connectivity index (χ0n) is 15.4. The molecule has 0 radical (unpaired) electrons. The number of H-pyrrole nitrogens is 1. The fraction of sp³-hybridized carbons (Fsp3) is 0.444. The topological polar surface area (TPSA) is 82.4 Å². The minimum atomic E-state index is -0.171. The quantitative estimate of drug-likeness (QED) is 0.765. The van der Waals surface area contributed by atoms with E-state index in [-0.39, 0.29) is 5.56 Å². The molecule has 0 spiro atoms. The van der Waals surface area contributed by atoms with Gasteiger partial charge in [0.2, 0.25) is 0 Å². The molecular weight excluding hydrogens is 330 g/mol. The fourth-order valence-corrected chi connectivity index (χ4v) is 3.40. The molecule has 1 saturated heterocycles. The molecular formula is C18H23N7O. The first-order chi connectivity index (χ1) is 12.6. The molecule has 3 aromatic heterocycles. The Kier molecular flexibility index (Phi) is 4.10. The summed E-state index contributed by atoms with van der Waals surface area (Å²) in [5.41, 5.74) is 4.87. The van der Waals surface area contributed by atoms with Gasteiger partial charge in [-0.3, -0.25) is 4.79 Å². The van der Waals surface area contributed by atoms with Crippen LogP contribution in [0.15, 0.2) is 23.1 Å². The third-order valence-corrected chi connectivity index (χ3v) is 5.07. The van der Waals surface area contributed by atoms with E-state index < -0.39 is 0 Å². The SMILES string of the molecule is CCc1cc(N2CCN(c3cn[nH]c(=O)c3)CC2)n2nc(C)c(C)c2n1. The summed E-state index contributed by atoms with van der Waals surface area (Å²) in [6.45, 7) is 9.59. The van der Waals surface area contributed by atoms with Crippen LogP contribution in [-0.4, -0.2) is 51.0 Å². The van der Waals surface area contributed by atoms with Gasteiger partial charge in [-0.15, -0.1) is 0 Å². The van der Waals surface area contributed by atoms with Gasteiger partial charge < -0.3 is 9.80 Å². The van der Waals surface area contributed by atoms with E-state index in [0.29, 0.717) is 0 Å². The third-order valence-electron chi connectivity index (χ3n) is 5.07. The van der Waals surface area contributed by atoms with Crippen molar-refractivity contribution in [2.75, 3.05) is 36.0 Å². The van der Waals surface area contributed by atoms with Crippen molar-refractivity contribution in [1.29, 1.82) is 0 Å². The zero-order valence-corrected chi connectivity index (χ0v) is 15.4. The molecule has 0 amide bonds. The minimum absolute atomic E-state index is 0.171. The standard InChI is InChI=1S/C18H23N7O/c1-4-14-9-17(25-18(20-14)12(2)13(3)22-25)24-7-5-23(6-8-24)15-10-16(26)21-19-11-15/h9-11H,4-8H2,1-3H3,(H,21,26). The molecule has 0 bridgehead atoms. The molecule has 0 saturated carbocycles. The molecule has 0 aliphatic carbocycles. The smallest absolute Gasteiger partial charge is 0.266 e. The van der Waals surface area contributed by atoms with E-state index in [0.717, 1.165) is 66.7 Å². The van der Waals surface area contributed by atoms with Crippen molar-refractivity contribution < 1.29 is 0 Å². The van der Waals surface area contributed by atoms with Crippen molar-refractivity contribution in [3.8, 4) is 0 Å². The van der Waals surface area contributed by atoms with Crippen LogP contribution in [0.2, 0.25) is 0 Å². The Bertz CT molecular complexity index is 998. The number of anilines is 2. The van der Waals surface area contributed by atoms with Gasteiger partial charge >= 0.3 is 0 Å². The maximum absolute atomic E-state index is 11.5. The number of rotatable bonds is 3. The lowest BCUT2D eigenvalue weighted by Crippen LogP contribution is -2.47. The van der Waals surface area contributed by atoms with Crippen LogP contribution in [0.3, 0.4) is 0 Å². The van der Waals surface area contributed by atoms with Gasteiger partial charge in [0.1, 0.15) is 5.82 Å². The lowest BCUT2D eigenvalue weighted by Gasteiger charge is -2.37. The average molecular weight is 353 g/mol. The molecule has 26 heavy (non-hydrogen) atoms. The summed E-state index contributed by atoms with van der Waals surface area (Å²) < 4.78 is 1.97. The van der Waals surface area contributed by atoms with Crippen molar-refractivity contribution >= 4 is 17.2 Å². The van der Waals surface area contributed by atoms with E-state index in [1.54, 1.807) is 12.3 Å². The Balaban J connectivity index is 1.63. The Labute approximate surface area is 151 Å². The number of aryl methyl sites for hydroxylation is 3. The molecule has 4 rings (SSSR count). The fourth-order valence-electron chi connectivity index (χ4n) is 3.40. The average Bonchev–Trinajstić information content (AvgIpc) is 2.95. The van der Waals surface area contributed by atoms with Crippen molar-refractivity contribution in [2.45, 2.75) is 27.2 Å². The van der Waals surface area contributed by atoms with E-state index in [1.807, 2.05) is 11.4 Å². The molecule has 1 aliphatic heterocycles. The molecule has 1 aliphatic rings. The van der Waals surface area contributed by atoms with E-state index in [9.17, 15) is 4.79 Å². The molecule has 1 N–H and O–H groups in total. The van der Waals surface area contributed by atoms with Gasteiger partial charge in [0, 0.05) is 49.6 Å². The highest BCUT2D eigenvalue weighted by atomic mass is 16.1. The second-order valence-corrected chi connectivity index (χ2v) is 6.68. The van der Waals surface area contributed by atoms with Crippen LogP contribution in [0, 0.1) is 13.8 Å². The van der Waals surface area contributed by atoms with Crippen LogP contribution in [0.1, 0.15) is 23.9 Å². The van der Waals surface area contributed by atoms with E-state index in [1.165, 1.54) is 0 Å². The summed E-state index contributed by atoms with van der Waals surface area (Å²) in [7, 11) is 0. The second kappa shape index (κ2) is 6.44. The molecule has 4 heterocycles. The maximum Gasteiger partial charge on any atom is 0.266 e. The van der Waals surface area contributed by atoms with Crippen LogP contribution in [0.4, 0.5) is 11.5 Å². The first kappa shape index (κ1) is 16.6. The predicted molar refractivity (Wildman–Crippen MR) is 101 cm³/mol. The Morgan fingerprint density at radius 2 is 1.85 bits per heavy atom. The maximum atomic E-state index is 11.5. The summed E-state index contributed by atoms with van der Waals surface area (Å²) >= 11 is 0. The number of hydrogen-bond donors (Lipinski definition) is 1. The molecule has 8 heteroatoms. The molecule has 1 fully saturated rings. The first-order valence-corrected chi connectivity index (χ1v) is 8.97. The third kappa shape index (κ3) is 2.81. The summed E-state index contributed by atoms with van der Waals surface area (Å²) in [6.07, 6.45) is 2.60. The number of hydrogen-bond acceptors (Lipinski definition) is 6. The van der Waals surface area contributed by atoms with Crippen molar-refractivity contribution in [3.63, 3.8) is 0 Å². The molecule has 3 aromatic rings. The van der Waals surface area contributed by atoms with E-state index in [4.69, 9.17) is 10.1 Å². The molecule has 0 aromatic carbocycles. The Morgan fingerprint density at radius 1 is 1.12 bits per heavy atom. The van der Waals surface area contributed by atoms with Crippen LogP contribution in [0.25, 0.3) is 5.65 Å². The normalized spacial score (nSPS) is 15.0. The lowest BCUT2D eigenvalue weighted by atomic mass is 10.2. The zero-order chi connectivity index (χ0) is 18.3. The molecule has 8 nitrogen and oxygen atoms in total. The number of aromatic amines is 1. The summed E-state index contributed by atoms with van der Waals surface area (Å²) in [6, 6.07) is 3.74. The highest BCUT2D eigenvalue weighted by molar-refractivity contribution is 5.58. The highest BCUT2D eigenvalue weighted by Gasteiger charge is 2.22. The van der Waals surface area contributed by atoms with E-state index in [2.05, 4.69) is 39.9 Å². The van der Waals surface area contributed by atoms with Crippen molar-refractivity contribution in [2.24, 2.45) is 0 Å². The monoisotopic (exact) mass is 353 g/mol. The number of nitrogens with one attached hydrogen (secondary N) is 1. The van der Waals surface area contributed by atoms with Crippen LogP contribution >= 0.6 is 0 Å². The van der Waals surface area contributed by atoms with Crippen molar-refractivity contribution in [3.05, 3.63) is 45.6 Å². The molecule has 0 unspecified atom stereocenters. The number of nitrogens with zero attached hydrogens (tertiary/aromatic N) is 6. The van der Waals surface area contributed by atoms with Gasteiger partial charge in [-0.1, -0.05) is 6.92 Å². The predicted octanol–water partition coefficient (Wildman–Crippen LogP) is 1.32. The van der Waals surface area contributed by atoms with Crippen LogP contribution < -0.4 is 15.4 Å². The van der Waals surface area contributed by atoms with Gasteiger partial charge in [-0.2, -0.15) is 14.7 Å². The van der Waals surface area contributed by atoms with Crippen LogP contribution in [0.5, 0.6) is 0 Å². The van der Waals surface area contributed by atoms with Gasteiger partial charge in [0.05, 0.1) is 17.6 Å². The number of aromatic nitrogens is 5. The summed E-state index contributed by atoms with van der Waals surface area (Å²) in [4.78, 5) is 20.8. The summed E-state index contributed by atoms with van der Waals surface area (Å²) in [5.74, 6) is 1.09. The number of piperazine rings is 1. The molecule has 0 atom stereocenters. The second-order valence-electron chi connectivity index (χ2n) is 6.68. The summed E-state index contributed by atoms with van der Waals surface area (Å²) in [5, 5.41) is 11.0. The van der Waals surface area contributed by atoms with Crippen molar-refractivity contribution in [1.82, 2.24) is 24.8 Å². The van der Waals surface area contributed by atoms with Crippen LogP contribution in [-0.2, 0) is 6.42 Å². The number of fused-ring (bicyclic) bond motifs is 1. The largest absolute Gasteiger partial charge is 0.367 e. The minimum Gasteiger partial charge on any atom is -0.367 e. The van der Waals surface area contributed by atoms with Gasteiger partial charge in [0.15, 0.2) is 5.65 Å². The highest BCUT2D eigenvalue weighted by Crippen LogP contribution is 2.24. The lowest BCUT2D eigenvalue weighted by molar-refractivity contribution is 0.635. The van der Waals surface area contributed by atoms with E-state index >= 15 is 0 Å².